The maximum Gasteiger partial charge on any atom is 0.416 e. The maximum absolute atomic E-state index is 13.5. The molecule has 0 N–H and O–H groups in total. The molecule has 1 unspecified atom stereocenters. The van der Waals surface area contributed by atoms with Crippen LogP contribution in [0.4, 0.5) is 13.2 Å². The number of hydrogen-bond donors (Lipinski definition) is 0. The Kier molecular flexibility index (Phi) is 11.7. The average molecular weight is 656 g/mol. The number of hydrogen-bond acceptors (Lipinski definition) is 4. The molecule has 0 saturated carbocycles. The fourth-order valence-electron chi connectivity index (χ4n) is 6.65. The highest BCUT2D eigenvalue weighted by Crippen LogP contribution is 2.35. The lowest BCUT2D eigenvalue weighted by molar-refractivity contribution is -0.147. The second kappa shape index (κ2) is 14.8. The number of nitrogens with zero attached hydrogens (tertiary/aromatic N) is 4. The van der Waals surface area contributed by atoms with Gasteiger partial charge in [-0.25, -0.2) is 0 Å². The Morgan fingerprint density at radius 1 is 0.955 bits per heavy atom. The molecule has 1 atom stereocenters. The smallest absolute Gasteiger partial charge is 0.347 e. The van der Waals surface area contributed by atoms with Gasteiger partial charge in [0.2, 0.25) is 5.91 Å². The van der Waals surface area contributed by atoms with E-state index in [1.807, 2.05) is 33.2 Å². The van der Waals surface area contributed by atoms with Gasteiger partial charge >= 0.3 is 6.18 Å². The summed E-state index contributed by atoms with van der Waals surface area (Å²) in [6.45, 7) is 6.68. The second-order valence-electron chi connectivity index (χ2n) is 12.2. The molecule has 44 heavy (non-hydrogen) atoms. The molecule has 0 aliphatic carbocycles. The van der Waals surface area contributed by atoms with Crippen LogP contribution in [-0.4, -0.2) is 96.9 Å². The van der Waals surface area contributed by atoms with E-state index in [0.717, 1.165) is 76.1 Å². The highest BCUT2D eigenvalue weighted by atomic mass is 35.5. The number of alkyl halides is 3. The summed E-state index contributed by atoms with van der Waals surface area (Å²) in [5, 5.41) is 0.838. The SMILES string of the molecule is CCN(CC(CCN1CCC(C(=O)N(C)C)(N2CCCCC2)CC1)c1ccc(Cl)c(Cl)c1)C(=O)c1cccc(C(F)(F)F)c1. The van der Waals surface area contributed by atoms with Crippen molar-refractivity contribution in [3.05, 3.63) is 69.2 Å². The second-order valence-corrected chi connectivity index (χ2v) is 13.0. The lowest BCUT2D eigenvalue weighted by Crippen LogP contribution is -2.64. The van der Waals surface area contributed by atoms with Crippen LogP contribution in [0.15, 0.2) is 42.5 Å². The first-order valence-electron chi connectivity index (χ1n) is 15.5. The fraction of sp³-hybridized carbons (Fsp3) is 0.576. The van der Waals surface area contributed by atoms with Gasteiger partial charge in [0.05, 0.1) is 15.6 Å². The number of benzene rings is 2. The van der Waals surface area contributed by atoms with E-state index in [2.05, 4.69) is 9.80 Å². The summed E-state index contributed by atoms with van der Waals surface area (Å²) in [7, 11) is 3.67. The lowest BCUT2D eigenvalue weighted by atomic mass is 9.82. The average Bonchev–Trinajstić information content (AvgIpc) is 3.02. The summed E-state index contributed by atoms with van der Waals surface area (Å²) in [6.07, 6.45) is 1.12. The van der Waals surface area contributed by atoms with Gasteiger partial charge in [-0.05, 0) is 94.6 Å². The highest BCUT2D eigenvalue weighted by Gasteiger charge is 2.47. The molecular formula is C33H43Cl2F3N4O2. The topological polar surface area (TPSA) is 47.1 Å². The number of piperidine rings is 2. The fourth-order valence-corrected chi connectivity index (χ4v) is 6.96. The molecule has 2 amide bonds. The van der Waals surface area contributed by atoms with Crippen molar-refractivity contribution < 1.29 is 22.8 Å². The predicted molar refractivity (Wildman–Crippen MR) is 169 cm³/mol. The third-order valence-electron chi connectivity index (χ3n) is 9.20. The molecular weight excluding hydrogens is 612 g/mol. The van der Waals surface area contributed by atoms with Crippen molar-refractivity contribution in [1.29, 1.82) is 0 Å². The summed E-state index contributed by atoms with van der Waals surface area (Å²) in [5.41, 5.74) is -0.402. The lowest BCUT2D eigenvalue weighted by Gasteiger charge is -2.50. The van der Waals surface area contributed by atoms with Crippen molar-refractivity contribution in [2.45, 2.75) is 63.1 Å². The molecule has 2 fully saturated rings. The quantitative estimate of drug-likeness (QED) is 0.275. The highest BCUT2D eigenvalue weighted by molar-refractivity contribution is 6.42. The molecule has 2 aliphatic heterocycles. The molecule has 2 aliphatic rings. The van der Waals surface area contributed by atoms with Gasteiger partial charge in [0, 0.05) is 51.8 Å². The van der Waals surface area contributed by atoms with Gasteiger partial charge in [0.1, 0.15) is 5.54 Å². The molecule has 0 bridgehead atoms. The normalized spacial score (nSPS) is 18.5. The van der Waals surface area contributed by atoms with E-state index in [0.29, 0.717) is 29.6 Å². The van der Waals surface area contributed by atoms with Crippen LogP contribution in [0.2, 0.25) is 10.0 Å². The van der Waals surface area contributed by atoms with E-state index in [1.165, 1.54) is 18.6 Å². The zero-order valence-electron chi connectivity index (χ0n) is 25.8. The van der Waals surface area contributed by atoms with E-state index in [9.17, 15) is 22.8 Å². The summed E-state index contributed by atoms with van der Waals surface area (Å²) < 4.78 is 40.1. The van der Waals surface area contributed by atoms with Crippen molar-refractivity contribution in [1.82, 2.24) is 19.6 Å². The Labute approximate surface area is 269 Å². The number of likely N-dealkylation sites (tertiary alicyclic amines) is 2. The third kappa shape index (κ3) is 8.08. The van der Waals surface area contributed by atoms with E-state index in [1.54, 1.807) is 15.9 Å². The first-order chi connectivity index (χ1) is 20.9. The Morgan fingerprint density at radius 2 is 1.64 bits per heavy atom. The number of halogens is 5. The zero-order valence-corrected chi connectivity index (χ0v) is 27.3. The minimum absolute atomic E-state index is 0.00482. The zero-order chi connectivity index (χ0) is 32.1. The van der Waals surface area contributed by atoms with Crippen LogP contribution in [0.5, 0.6) is 0 Å². The van der Waals surface area contributed by atoms with Crippen molar-refractivity contribution in [2.24, 2.45) is 0 Å². The van der Waals surface area contributed by atoms with E-state index < -0.39 is 23.2 Å². The molecule has 0 spiro atoms. The van der Waals surface area contributed by atoms with Crippen molar-refractivity contribution in [3.8, 4) is 0 Å². The van der Waals surface area contributed by atoms with Gasteiger partial charge in [0.25, 0.3) is 5.91 Å². The van der Waals surface area contributed by atoms with Crippen molar-refractivity contribution >= 4 is 35.0 Å². The molecule has 2 saturated heterocycles. The first kappa shape index (κ1) is 34.5. The number of rotatable bonds is 10. The van der Waals surface area contributed by atoms with Gasteiger partial charge < -0.3 is 14.7 Å². The molecule has 0 radical (unpaired) electrons. The predicted octanol–water partition coefficient (Wildman–Crippen LogP) is 7.06. The summed E-state index contributed by atoms with van der Waals surface area (Å²) in [6, 6.07) is 10.0. The van der Waals surface area contributed by atoms with Crippen LogP contribution >= 0.6 is 23.2 Å². The molecule has 4 rings (SSSR count). The minimum Gasteiger partial charge on any atom is -0.347 e. The van der Waals surface area contributed by atoms with E-state index in [-0.39, 0.29) is 17.4 Å². The third-order valence-corrected chi connectivity index (χ3v) is 9.94. The van der Waals surface area contributed by atoms with E-state index >= 15 is 0 Å². The van der Waals surface area contributed by atoms with Gasteiger partial charge in [0.15, 0.2) is 0 Å². The van der Waals surface area contributed by atoms with Gasteiger partial charge in [-0.15, -0.1) is 0 Å². The Morgan fingerprint density at radius 3 is 2.23 bits per heavy atom. The maximum atomic E-state index is 13.5. The van der Waals surface area contributed by atoms with Crippen LogP contribution in [0.1, 0.15) is 72.9 Å². The molecule has 2 aromatic rings. The van der Waals surface area contributed by atoms with Crippen LogP contribution in [0.3, 0.4) is 0 Å². The van der Waals surface area contributed by atoms with E-state index in [4.69, 9.17) is 23.2 Å². The molecule has 6 nitrogen and oxygen atoms in total. The largest absolute Gasteiger partial charge is 0.416 e. The van der Waals surface area contributed by atoms with Gasteiger partial charge in [-0.3, -0.25) is 14.5 Å². The molecule has 11 heteroatoms. The monoisotopic (exact) mass is 654 g/mol. The standard InChI is InChI=1S/C33H43Cl2F3N4O2/c1-4-41(30(43)25-9-8-10-27(21-25)33(36,37)38)23-26(24-11-12-28(34)29(35)22-24)13-18-40-19-14-32(15-20-40,31(44)39(2)3)42-16-6-5-7-17-42/h8-12,21-22,26H,4-7,13-20,23H2,1-3H3. The van der Waals surface area contributed by atoms with Crippen molar-refractivity contribution in [2.75, 3.05) is 59.9 Å². The summed E-state index contributed by atoms with van der Waals surface area (Å²) in [4.78, 5) is 35.0. The number of likely N-dealkylation sites (N-methyl/N-ethyl adjacent to an activating group) is 2. The van der Waals surface area contributed by atoms with Gasteiger partial charge in [-0.2, -0.15) is 13.2 Å². The van der Waals surface area contributed by atoms with Gasteiger partial charge in [-0.1, -0.05) is 41.8 Å². The first-order valence-corrected chi connectivity index (χ1v) is 16.2. The Hall–Kier alpha value is -2.33. The molecule has 2 aromatic carbocycles. The molecule has 242 valence electrons. The van der Waals surface area contributed by atoms with Crippen LogP contribution in [-0.2, 0) is 11.0 Å². The summed E-state index contributed by atoms with van der Waals surface area (Å²) >= 11 is 12.6. The Bertz CT molecular complexity index is 1290. The van der Waals surface area contributed by atoms with Crippen LogP contribution in [0.25, 0.3) is 0 Å². The summed E-state index contributed by atoms with van der Waals surface area (Å²) in [5.74, 6) is -0.397. The number of amides is 2. The number of carbonyl (C=O) groups is 2. The molecule has 0 aromatic heterocycles. The Balaban J connectivity index is 1.50. The van der Waals surface area contributed by atoms with Crippen LogP contribution < -0.4 is 0 Å². The number of carbonyl (C=O) groups excluding carboxylic acids is 2. The minimum atomic E-state index is -4.53. The molecule has 2 heterocycles. The van der Waals surface area contributed by atoms with Crippen LogP contribution in [0, 0.1) is 0 Å². The van der Waals surface area contributed by atoms with Crippen molar-refractivity contribution in [3.63, 3.8) is 0 Å².